The van der Waals surface area contributed by atoms with Crippen molar-refractivity contribution in [3.8, 4) is 17.1 Å². The second kappa shape index (κ2) is 8.70. The van der Waals surface area contributed by atoms with Gasteiger partial charge in [-0.05, 0) is 54.1 Å². The molecule has 140 valence electrons. The maximum Gasteiger partial charge on any atom is 0.196 e. The third kappa shape index (κ3) is 4.28. The molecule has 0 spiro atoms. The predicted octanol–water partition coefficient (Wildman–Crippen LogP) is 7.30. The summed E-state index contributed by atoms with van der Waals surface area (Å²) < 4.78 is 3.08. The Balaban J connectivity index is 1.74. The SMILES string of the molecule is Clc1ccc(-n2c(SCc3ccc(Br)cc3)nnc2-c2ccccc2Cl)cc1. The first-order valence-corrected chi connectivity index (χ1v) is 11.0. The Morgan fingerprint density at radius 2 is 1.57 bits per heavy atom. The third-order valence-corrected chi connectivity index (χ3v) is 6.22. The molecule has 7 heteroatoms. The molecular weight excluding hydrogens is 477 g/mol. The molecule has 28 heavy (non-hydrogen) atoms. The number of benzene rings is 3. The number of hydrogen-bond acceptors (Lipinski definition) is 3. The maximum absolute atomic E-state index is 6.43. The molecule has 0 saturated carbocycles. The number of thioether (sulfide) groups is 1. The molecule has 3 aromatic carbocycles. The molecule has 0 aliphatic carbocycles. The maximum atomic E-state index is 6.43. The lowest BCUT2D eigenvalue weighted by atomic mass is 10.2. The van der Waals surface area contributed by atoms with E-state index < -0.39 is 0 Å². The lowest BCUT2D eigenvalue weighted by Crippen LogP contribution is -2.00. The topological polar surface area (TPSA) is 30.7 Å². The zero-order chi connectivity index (χ0) is 19.5. The minimum Gasteiger partial charge on any atom is -0.270 e. The molecule has 3 nitrogen and oxygen atoms in total. The van der Waals surface area contributed by atoms with Crippen LogP contribution in [-0.4, -0.2) is 14.8 Å². The number of aromatic nitrogens is 3. The van der Waals surface area contributed by atoms with Gasteiger partial charge in [-0.25, -0.2) is 0 Å². The highest BCUT2D eigenvalue weighted by atomic mass is 79.9. The van der Waals surface area contributed by atoms with Crippen LogP contribution in [0, 0.1) is 0 Å². The minimum absolute atomic E-state index is 0.634. The predicted molar refractivity (Wildman–Crippen MR) is 121 cm³/mol. The normalized spacial score (nSPS) is 11.0. The molecule has 0 unspecified atom stereocenters. The van der Waals surface area contributed by atoms with Crippen molar-refractivity contribution in [1.29, 1.82) is 0 Å². The van der Waals surface area contributed by atoms with Gasteiger partial charge in [-0.1, -0.05) is 75.2 Å². The molecule has 0 saturated heterocycles. The largest absolute Gasteiger partial charge is 0.270 e. The summed E-state index contributed by atoms with van der Waals surface area (Å²) in [4.78, 5) is 0. The van der Waals surface area contributed by atoms with Crippen LogP contribution in [0.25, 0.3) is 17.1 Å². The fourth-order valence-electron chi connectivity index (χ4n) is 2.73. The fraction of sp³-hybridized carbons (Fsp3) is 0.0476. The Kier molecular flexibility index (Phi) is 6.07. The van der Waals surface area contributed by atoms with E-state index in [-0.39, 0.29) is 0 Å². The van der Waals surface area contributed by atoms with Gasteiger partial charge >= 0.3 is 0 Å². The van der Waals surface area contributed by atoms with Gasteiger partial charge in [-0.3, -0.25) is 4.57 Å². The third-order valence-electron chi connectivity index (χ3n) is 4.11. The minimum atomic E-state index is 0.634. The summed E-state index contributed by atoms with van der Waals surface area (Å²) in [5, 5.41) is 11.0. The molecule has 0 bridgehead atoms. The first-order chi connectivity index (χ1) is 13.6. The Hall–Kier alpha value is -1.79. The standard InChI is InChI=1S/C21H14BrCl2N3S/c22-15-7-5-14(6-8-15)13-28-21-26-25-20(18-3-1-2-4-19(18)24)27(21)17-11-9-16(23)10-12-17/h1-12H,13H2. The van der Waals surface area contributed by atoms with Crippen molar-refractivity contribution in [3.05, 3.63) is 92.9 Å². The number of nitrogens with zero attached hydrogens (tertiary/aromatic N) is 3. The first-order valence-electron chi connectivity index (χ1n) is 8.45. The highest BCUT2D eigenvalue weighted by Gasteiger charge is 2.18. The monoisotopic (exact) mass is 489 g/mol. The summed E-state index contributed by atoms with van der Waals surface area (Å²) in [6.45, 7) is 0. The van der Waals surface area contributed by atoms with Crippen molar-refractivity contribution in [2.75, 3.05) is 0 Å². The highest BCUT2D eigenvalue weighted by molar-refractivity contribution is 9.10. The van der Waals surface area contributed by atoms with Crippen molar-refractivity contribution in [1.82, 2.24) is 14.8 Å². The number of hydrogen-bond donors (Lipinski definition) is 0. The summed E-state index contributed by atoms with van der Waals surface area (Å²) in [7, 11) is 0. The summed E-state index contributed by atoms with van der Waals surface area (Å²) in [6, 6.07) is 23.5. The van der Waals surface area contributed by atoms with E-state index in [0.717, 1.165) is 26.6 Å². The molecule has 0 amide bonds. The highest BCUT2D eigenvalue weighted by Crippen LogP contribution is 2.33. The Morgan fingerprint density at radius 3 is 2.29 bits per heavy atom. The molecule has 0 aliphatic heterocycles. The van der Waals surface area contributed by atoms with Crippen molar-refractivity contribution in [2.45, 2.75) is 10.9 Å². The van der Waals surface area contributed by atoms with E-state index in [1.54, 1.807) is 11.8 Å². The smallest absolute Gasteiger partial charge is 0.196 e. The molecule has 1 aromatic heterocycles. The van der Waals surface area contributed by atoms with Crippen LogP contribution in [0.2, 0.25) is 10.0 Å². The number of rotatable bonds is 5. The van der Waals surface area contributed by atoms with Crippen LogP contribution in [0.3, 0.4) is 0 Å². The lowest BCUT2D eigenvalue weighted by Gasteiger charge is -2.11. The quantitative estimate of drug-likeness (QED) is 0.275. The molecule has 1 heterocycles. The molecule has 0 aliphatic rings. The molecule has 0 N–H and O–H groups in total. The van der Waals surface area contributed by atoms with Crippen molar-refractivity contribution < 1.29 is 0 Å². The van der Waals surface area contributed by atoms with Crippen LogP contribution in [0.4, 0.5) is 0 Å². The van der Waals surface area contributed by atoms with E-state index in [9.17, 15) is 0 Å². The van der Waals surface area contributed by atoms with Crippen molar-refractivity contribution in [2.24, 2.45) is 0 Å². The van der Waals surface area contributed by atoms with E-state index in [1.807, 2.05) is 65.2 Å². The molecule has 4 rings (SSSR count). The molecule has 0 fully saturated rings. The van der Waals surface area contributed by atoms with E-state index in [1.165, 1.54) is 5.56 Å². The van der Waals surface area contributed by atoms with Crippen molar-refractivity contribution in [3.63, 3.8) is 0 Å². The van der Waals surface area contributed by atoms with Crippen LogP contribution in [0.15, 0.2) is 82.4 Å². The molecule has 0 radical (unpaired) electrons. The van der Waals surface area contributed by atoms with Gasteiger partial charge in [0.2, 0.25) is 0 Å². The average Bonchev–Trinajstić information content (AvgIpc) is 3.12. The van der Waals surface area contributed by atoms with Gasteiger partial charge in [0, 0.05) is 26.5 Å². The lowest BCUT2D eigenvalue weighted by molar-refractivity contribution is 0.886. The van der Waals surface area contributed by atoms with Crippen molar-refractivity contribution >= 4 is 50.9 Å². The van der Waals surface area contributed by atoms with E-state index >= 15 is 0 Å². The summed E-state index contributed by atoms with van der Waals surface area (Å²) >= 11 is 17.6. The van der Waals surface area contributed by atoms with E-state index in [4.69, 9.17) is 23.2 Å². The summed E-state index contributed by atoms with van der Waals surface area (Å²) in [6.07, 6.45) is 0. The van der Waals surface area contributed by atoms with Crippen LogP contribution < -0.4 is 0 Å². The van der Waals surface area contributed by atoms with E-state index in [2.05, 4.69) is 38.3 Å². The molecule has 0 atom stereocenters. The van der Waals surface area contributed by atoms with Crippen LogP contribution >= 0.6 is 50.9 Å². The zero-order valence-corrected chi connectivity index (χ0v) is 18.4. The van der Waals surface area contributed by atoms with Crippen LogP contribution in [0.5, 0.6) is 0 Å². The Morgan fingerprint density at radius 1 is 0.857 bits per heavy atom. The average molecular weight is 491 g/mol. The van der Waals surface area contributed by atoms with Gasteiger partial charge in [0.25, 0.3) is 0 Å². The van der Waals surface area contributed by atoms with Crippen LogP contribution in [0.1, 0.15) is 5.56 Å². The Labute approximate surface area is 185 Å². The first kappa shape index (κ1) is 19.5. The van der Waals surface area contributed by atoms with E-state index in [0.29, 0.717) is 15.9 Å². The van der Waals surface area contributed by atoms with Gasteiger partial charge in [-0.15, -0.1) is 10.2 Å². The summed E-state index contributed by atoms with van der Waals surface area (Å²) in [5.74, 6) is 1.48. The second-order valence-electron chi connectivity index (χ2n) is 6.01. The molecule has 4 aromatic rings. The van der Waals surface area contributed by atoms with Gasteiger partial charge < -0.3 is 0 Å². The van der Waals surface area contributed by atoms with Gasteiger partial charge in [0.05, 0.1) is 5.02 Å². The number of halogens is 3. The zero-order valence-electron chi connectivity index (χ0n) is 14.5. The van der Waals surface area contributed by atoms with Crippen LogP contribution in [-0.2, 0) is 5.75 Å². The van der Waals surface area contributed by atoms with Gasteiger partial charge in [-0.2, -0.15) is 0 Å². The summed E-state index contributed by atoms with van der Waals surface area (Å²) in [5.41, 5.74) is 2.97. The van der Waals surface area contributed by atoms with Gasteiger partial charge in [0.15, 0.2) is 11.0 Å². The Bertz CT molecular complexity index is 1100. The fourth-order valence-corrected chi connectivity index (χ4v) is 4.25. The van der Waals surface area contributed by atoms with Gasteiger partial charge in [0.1, 0.15) is 0 Å². The second-order valence-corrected chi connectivity index (χ2v) is 8.71. The molecular formula is C21H14BrCl2N3S.